The van der Waals surface area contributed by atoms with Gasteiger partial charge in [-0.25, -0.2) is 0 Å². The molecule has 2 rings (SSSR count). The van der Waals surface area contributed by atoms with Crippen LogP contribution in [0.25, 0.3) is 10.9 Å². The molecule has 0 aliphatic rings. The van der Waals surface area contributed by atoms with E-state index in [1.54, 1.807) is 6.20 Å². The molecule has 0 fully saturated rings. The second-order valence-corrected chi connectivity index (χ2v) is 8.65. The van der Waals surface area contributed by atoms with E-state index in [1.165, 1.54) is 0 Å². The zero-order chi connectivity index (χ0) is 16.5. The molecule has 0 saturated carbocycles. The SMILES string of the molecule is CC(Oc1cc(I)c2ncc(Br)cc2c1)C(=S)NC(C)(C)C. The predicted molar refractivity (Wildman–Crippen MR) is 108 cm³/mol. The van der Waals surface area contributed by atoms with E-state index >= 15 is 0 Å². The smallest absolute Gasteiger partial charge is 0.146 e. The number of halogens is 2. The third-order valence-corrected chi connectivity index (χ3v) is 4.55. The fourth-order valence-corrected chi connectivity index (χ4v) is 3.41. The number of nitrogens with zero attached hydrogens (tertiary/aromatic N) is 1. The molecule has 0 amide bonds. The molecule has 2 aromatic rings. The van der Waals surface area contributed by atoms with E-state index in [9.17, 15) is 0 Å². The van der Waals surface area contributed by atoms with Crippen molar-refractivity contribution < 1.29 is 4.74 Å². The molecule has 6 heteroatoms. The van der Waals surface area contributed by atoms with Crippen molar-refractivity contribution in [2.45, 2.75) is 39.3 Å². The average Bonchev–Trinajstić information content (AvgIpc) is 2.35. The molecule has 1 aromatic heterocycles. The number of benzene rings is 1. The van der Waals surface area contributed by atoms with E-state index in [1.807, 2.05) is 25.1 Å². The van der Waals surface area contributed by atoms with Gasteiger partial charge in [0, 0.05) is 25.2 Å². The molecular formula is C16H18BrIN2OS. The molecule has 1 unspecified atom stereocenters. The van der Waals surface area contributed by atoms with Crippen molar-refractivity contribution >= 4 is 66.6 Å². The van der Waals surface area contributed by atoms with E-state index in [2.05, 4.69) is 69.6 Å². The molecule has 0 radical (unpaired) electrons. The summed E-state index contributed by atoms with van der Waals surface area (Å²) < 4.78 is 8.00. The van der Waals surface area contributed by atoms with Crippen LogP contribution in [0, 0.1) is 3.57 Å². The molecule has 0 saturated heterocycles. The fraction of sp³-hybridized carbons (Fsp3) is 0.375. The number of pyridine rings is 1. The van der Waals surface area contributed by atoms with E-state index in [4.69, 9.17) is 17.0 Å². The maximum atomic E-state index is 6.00. The average molecular weight is 493 g/mol. The molecule has 22 heavy (non-hydrogen) atoms. The summed E-state index contributed by atoms with van der Waals surface area (Å²) in [4.78, 5) is 5.14. The Kier molecular flexibility index (Phi) is 5.66. The number of hydrogen-bond acceptors (Lipinski definition) is 3. The van der Waals surface area contributed by atoms with Crippen molar-refractivity contribution in [3.05, 3.63) is 32.4 Å². The van der Waals surface area contributed by atoms with Crippen LogP contribution in [0.5, 0.6) is 5.75 Å². The van der Waals surface area contributed by atoms with Crippen LogP contribution in [0.4, 0.5) is 0 Å². The lowest BCUT2D eigenvalue weighted by molar-refractivity contribution is 0.281. The standard InChI is InChI=1S/C16H18BrIN2OS/c1-9(15(22)20-16(2,3)4)21-12-6-10-5-11(17)8-19-14(10)13(18)7-12/h5-9H,1-4H3,(H,20,22). The number of rotatable bonds is 3. The van der Waals surface area contributed by atoms with Crippen molar-refractivity contribution in [1.29, 1.82) is 0 Å². The first-order chi connectivity index (χ1) is 10.2. The number of nitrogens with one attached hydrogen (secondary N) is 1. The number of hydrogen-bond donors (Lipinski definition) is 1. The first-order valence-electron chi connectivity index (χ1n) is 6.89. The minimum absolute atomic E-state index is 0.0682. The van der Waals surface area contributed by atoms with Gasteiger partial charge in [0.05, 0.1) is 5.52 Å². The van der Waals surface area contributed by atoms with Crippen molar-refractivity contribution in [1.82, 2.24) is 10.3 Å². The normalized spacial score (nSPS) is 13.0. The van der Waals surface area contributed by atoms with Gasteiger partial charge in [-0.05, 0) is 84.4 Å². The first kappa shape index (κ1) is 17.9. The highest BCUT2D eigenvalue weighted by molar-refractivity contribution is 14.1. The zero-order valence-corrected chi connectivity index (χ0v) is 17.5. The Morgan fingerprint density at radius 2 is 2.05 bits per heavy atom. The van der Waals surface area contributed by atoms with Gasteiger partial charge in [0.2, 0.25) is 0 Å². The van der Waals surface area contributed by atoms with Crippen molar-refractivity contribution in [3.63, 3.8) is 0 Å². The maximum absolute atomic E-state index is 6.00. The van der Waals surface area contributed by atoms with Gasteiger partial charge < -0.3 is 10.1 Å². The highest BCUT2D eigenvalue weighted by Gasteiger charge is 2.17. The largest absolute Gasteiger partial charge is 0.484 e. The number of fused-ring (bicyclic) bond motifs is 1. The van der Waals surface area contributed by atoms with E-state index in [0.717, 1.165) is 24.7 Å². The van der Waals surface area contributed by atoms with Crippen LogP contribution in [0.2, 0.25) is 0 Å². The van der Waals surface area contributed by atoms with Gasteiger partial charge in [0.15, 0.2) is 0 Å². The van der Waals surface area contributed by atoms with Crippen LogP contribution < -0.4 is 10.1 Å². The second kappa shape index (κ2) is 6.97. The maximum Gasteiger partial charge on any atom is 0.146 e. The molecule has 0 spiro atoms. The van der Waals surface area contributed by atoms with Crippen LogP contribution >= 0.6 is 50.7 Å². The molecular weight excluding hydrogens is 475 g/mol. The van der Waals surface area contributed by atoms with Crippen LogP contribution in [-0.2, 0) is 0 Å². The quantitative estimate of drug-likeness (QED) is 0.478. The summed E-state index contributed by atoms with van der Waals surface area (Å²) in [6.07, 6.45) is 1.61. The molecule has 0 bridgehead atoms. The predicted octanol–water partition coefficient (Wildman–Crippen LogP) is 5.08. The van der Waals surface area contributed by atoms with Crippen molar-refractivity contribution in [2.75, 3.05) is 0 Å². The van der Waals surface area contributed by atoms with Gasteiger partial charge in [-0.15, -0.1) is 0 Å². The van der Waals surface area contributed by atoms with Gasteiger partial charge in [-0.2, -0.15) is 0 Å². The highest BCUT2D eigenvalue weighted by Crippen LogP contribution is 2.28. The molecule has 1 N–H and O–H groups in total. The molecule has 1 heterocycles. The summed E-state index contributed by atoms with van der Waals surface area (Å²) >= 11 is 11.1. The van der Waals surface area contributed by atoms with Gasteiger partial charge in [-0.3, -0.25) is 4.98 Å². The Morgan fingerprint density at radius 3 is 2.68 bits per heavy atom. The fourth-order valence-electron chi connectivity index (χ4n) is 1.95. The van der Waals surface area contributed by atoms with Crippen molar-refractivity contribution in [2.24, 2.45) is 0 Å². The minimum atomic E-state index is -0.192. The highest BCUT2D eigenvalue weighted by atomic mass is 127. The lowest BCUT2D eigenvalue weighted by atomic mass is 10.1. The molecule has 3 nitrogen and oxygen atoms in total. The second-order valence-electron chi connectivity index (χ2n) is 6.13. The zero-order valence-electron chi connectivity index (χ0n) is 12.9. The Hall–Kier alpha value is -0.470. The lowest BCUT2D eigenvalue weighted by Crippen LogP contribution is -2.45. The van der Waals surface area contributed by atoms with E-state index in [0.29, 0.717) is 4.99 Å². The third kappa shape index (κ3) is 4.76. The first-order valence-corrected chi connectivity index (χ1v) is 9.17. The van der Waals surface area contributed by atoms with Gasteiger partial charge in [0.25, 0.3) is 0 Å². The minimum Gasteiger partial charge on any atom is -0.484 e. The van der Waals surface area contributed by atoms with Crippen LogP contribution in [-0.4, -0.2) is 21.6 Å². The molecule has 0 aliphatic heterocycles. The summed E-state index contributed by atoms with van der Waals surface area (Å²) in [6.45, 7) is 8.19. The number of ether oxygens (including phenoxy) is 1. The summed E-state index contributed by atoms with van der Waals surface area (Å²) in [5.74, 6) is 0.794. The van der Waals surface area contributed by atoms with Gasteiger partial charge in [-0.1, -0.05) is 12.2 Å². The van der Waals surface area contributed by atoms with E-state index < -0.39 is 0 Å². The summed E-state index contributed by atoms with van der Waals surface area (Å²) in [6, 6.07) is 6.01. The van der Waals surface area contributed by atoms with E-state index in [-0.39, 0.29) is 11.6 Å². The monoisotopic (exact) mass is 492 g/mol. The lowest BCUT2D eigenvalue weighted by Gasteiger charge is -2.26. The molecule has 0 aliphatic carbocycles. The van der Waals surface area contributed by atoms with Crippen LogP contribution in [0.1, 0.15) is 27.7 Å². The number of thiocarbonyl (C=S) groups is 1. The molecule has 1 aromatic carbocycles. The van der Waals surface area contributed by atoms with Crippen LogP contribution in [0.3, 0.4) is 0 Å². The van der Waals surface area contributed by atoms with Crippen molar-refractivity contribution in [3.8, 4) is 5.75 Å². The Bertz CT molecular complexity index is 715. The molecule has 118 valence electrons. The Morgan fingerprint density at radius 1 is 1.36 bits per heavy atom. The third-order valence-electron chi connectivity index (χ3n) is 2.86. The van der Waals surface area contributed by atoms with Crippen LogP contribution in [0.15, 0.2) is 28.9 Å². The topological polar surface area (TPSA) is 34.1 Å². The summed E-state index contributed by atoms with van der Waals surface area (Å²) in [7, 11) is 0. The number of aromatic nitrogens is 1. The van der Waals surface area contributed by atoms with Gasteiger partial charge in [0.1, 0.15) is 16.8 Å². The summed E-state index contributed by atoms with van der Waals surface area (Å²) in [5, 5.41) is 4.32. The molecule has 1 atom stereocenters. The van der Waals surface area contributed by atoms with Gasteiger partial charge >= 0.3 is 0 Å². The summed E-state index contributed by atoms with van der Waals surface area (Å²) in [5.41, 5.74) is 0.903. The Labute approximate surface area is 158 Å². The Balaban J connectivity index is 2.22.